The standard InChI is InChI=1S/C12H23N3O8/c1-3-4-7-8(5-6(2)16)10(18,19)9(17)11(13,15(20)21)12(7,14)23-22/h6,9,16-19,22H,3-5,13-14H2,1-2H3. The first-order valence-corrected chi connectivity index (χ1v) is 6.99. The number of nitrogens with zero attached hydrogens (tertiary/aromatic N) is 1. The van der Waals surface area contributed by atoms with Crippen LogP contribution in [0, 0.1) is 10.1 Å². The van der Waals surface area contributed by atoms with Crippen molar-refractivity contribution in [1.82, 2.24) is 0 Å². The Kier molecular flexibility index (Phi) is 5.51. The molecule has 11 nitrogen and oxygen atoms in total. The quantitative estimate of drug-likeness (QED) is 0.0931. The van der Waals surface area contributed by atoms with Gasteiger partial charge in [-0.15, -0.1) is 0 Å². The smallest absolute Gasteiger partial charge is 0.353 e. The van der Waals surface area contributed by atoms with Gasteiger partial charge in [0.05, 0.1) is 11.0 Å². The third kappa shape index (κ3) is 2.75. The molecular formula is C12H23N3O8. The first-order chi connectivity index (χ1) is 10.4. The molecule has 134 valence electrons. The zero-order chi connectivity index (χ0) is 18.2. The highest BCUT2D eigenvalue weighted by molar-refractivity contribution is 5.39. The topological polar surface area (TPSA) is 206 Å². The molecule has 0 amide bonds. The van der Waals surface area contributed by atoms with Crippen LogP contribution < -0.4 is 11.5 Å². The fraction of sp³-hybridized carbons (Fsp3) is 0.833. The highest BCUT2D eigenvalue weighted by atomic mass is 17.1. The van der Waals surface area contributed by atoms with E-state index in [4.69, 9.17) is 11.5 Å². The van der Waals surface area contributed by atoms with Crippen molar-refractivity contribution in [3.05, 3.63) is 21.3 Å². The largest absolute Gasteiger partial charge is 0.393 e. The van der Waals surface area contributed by atoms with Crippen LogP contribution in [0.25, 0.3) is 0 Å². The summed E-state index contributed by atoms with van der Waals surface area (Å²) >= 11 is 0. The molecule has 0 aromatic heterocycles. The third-order valence-electron chi connectivity index (χ3n) is 4.10. The van der Waals surface area contributed by atoms with Gasteiger partial charge in [0, 0.05) is 0 Å². The van der Waals surface area contributed by atoms with Crippen LogP contribution in [0.15, 0.2) is 11.1 Å². The summed E-state index contributed by atoms with van der Waals surface area (Å²) in [7, 11) is 0. The highest BCUT2D eigenvalue weighted by Crippen LogP contribution is 2.46. The molecule has 0 aromatic rings. The predicted octanol–water partition coefficient (Wildman–Crippen LogP) is -2.01. The summed E-state index contributed by atoms with van der Waals surface area (Å²) in [4.78, 5) is 14.2. The lowest BCUT2D eigenvalue weighted by atomic mass is 9.69. The van der Waals surface area contributed by atoms with E-state index >= 15 is 0 Å². The normalized spacial score (nSPS) is 35.3. The second-order valence-electron chi connectivity index (χ2n) is 5.80. The van der Waals surface area contributed by atoms with E-state index in [9.17, 15) is 35.8 Å². The van der Waals surface area contributed by atoms with Crippen LogP contribution in [0.4, 0.5) is 0 Å². The van der Waals surface area contributed by atoms with E-state index < -0.39 is 34.3 Å². The molecule has 9 N–H and O–H groups in total. The van der Waals surface area contributed by atoms with Crippen LogP contribution >= 0.6 is 0 Å². The number of aliphatic hydroxyl groups excluding tert-OH is 2. The molecule has 0 aliphatic heterocycles. The molecule has 0 saturated carbocycles. The van der Waals surface area contributed by atoms with Gasteiger partial charge in [0.2, 0.25) is 11.9 Å². The second kappa shape index (κ2) is 6.37. The minimum atomic E-state index is -3.14. The van der Waals surface area contributed by atoms with Crippen molar-refractivity contribution in [2.75, 3.05) is 0 Å². The summed E-state index contributed by atoms with van der Waals surface area (Å²) in [5, 5.41) is 60.7. The summed E-state index contributed by atoms with van der Waals surface area (Å²) in [5.74, 6) is -3.13. The van der Waals surface area contributed by atoms with Crippen LogP contribution in [-0.4, -0.2) is 60.0 Å². The molecule has 0 spiro atoms. The lowest BCUT2D eigenvalue weighted by molar-refractivity contribution is -0.627. The molecule has 0 fully saturated rings. The van der Waals surface area contributed by atoms with Gasteiger partial charge in [0.1, 0.15) is 0 Å². The lowest BCUT2D eigenvalue weighted by Crippen LogP contribution is -2.83. The van der Waals surface area contributed by atoms with Crippen LogP contribution in [0.3, 0.4) is 0 Å². The van der Waals surface area contributed by atoms with Crippen molar-refractivity contribution >= 4 is 0 Å². The molecule has 4 unspecified atom stereocenters. The van der Waals surface area contributed by atoms with Crippen molar-refractivity contribution in [2.24, 2.45) is 11.5 Å². The van der Waals surface area contributed by atoms with E-state index in [0.29, 0.717) is 6.42 Å². The molecule has 23 heavy (non-hydrogen) atoms. The van der Waals surface area contributed by atoms with E-state index in [2.05, 4.69) is 4.89 Å². The van der Waals surface area contributed by atoms with Gasteiger partial charge in [-0.1, -0.05) is 13.3 Å². The zero-order valence-electron chi connectivity index (χ0n) is 12.8. The molecule has 0 bridgehead atoms. The van der Waals surface area contributed by atoms with Crippen molar-refractivity contribution in [2.45, 2.75) is 62.5 Å². The molecule has 4 atom stereocenters. The van der Waals surface area contributed by atoms with E-state index in [1.54, 1.807) is 6.92 Å². The first kappa shape index (κ1) is 19.9. The van der Waals surface area contributed by atoms with Crippen molar-refractivity contribution in [3.8, 4) is 0 Å². The van der Waals surface area contributed by atoms with Gasteiger partial charge < -0.3 is 20.4 Å². The Morgan fingerprint density at radius 3 is 2.26 bits per heavy atom. The van der Waals surface area contributed by atoms with E-state index in [1.165, 1.54) is 6.92 Å². The van der Waals surface area contributed by atoms with Crippen molar-refractivity contribution in [1.29, 1.82) is 0 Å². The maximum Gasteiger partial charge on any atom is 0.353 e. The van der Waals surface area contributed by atoms with Gasteiger partial charge in [-0.05, 0) is 30.9 Å². The third-order valence-corrected chi connectivity index (χ3v) is 4.10. The van der Waals surface area contributed by atoms with Gasteiger partial charge in [0.15, 0.2) is 0 Å². The second-order valence-corrected chi connectivity index (χ2v) is 5.80. The van der Waals surface area contributed by atoms with Gasteiger partial charge >= 0.3 is 5.66 Å². The Morgan fingerprint density at radius 2 is 1.91 bits per heavy atom. The Labute approximate surface area is 131 Å². The Hall–Kier alpha value is -1.18. The van der Waals surface area contributed by atoms with Gasteiger partial charge in [-0.25, -0.2) is 10.1 Å². The van der Waals surface area contributed by atoms with E-state index in [-0.39, 0.29) is 24.0 Å². The number of nitrogens with two attached hydrogens (primary N) is 2. The van der Waals surface area contributed by atoms with Gasteiger partial charge in [0.25, 0.3) is 5.72 Å². The summed E-state index contributed by atoms with van der Waals surface area (Å²) < 4.78 is 0. The van der Waals surface area contributed by atoms with E-state index in [0.717, 1.165) is 0 Å². The van der Waals surface area contributed by atoms with Crippen LogP contribution in [-0.2, 0) is 4.89 Å². The number of rotatable bonds is 6. The number of aliphatic hydroxyl groups is 4. The highest BCUT2D eigenvalue weighted by Gasteiger charge is 2.74. The molecule has 11 heteroatoms. The average Bonchev–Trinajstić information content (AvgIpc) is 2.46. The zero-order valence-corrected chi connectivity index (χ0v) is 12.8. The Balaban J connectivity index is 3.79. The first-order valence-electron chi connectivity index (χ1n) is 6.99. The predicted molar refractivity (Wildman–Crippen MR) is 76.0 cm³/mol. The minimum Gasteiger partial charge on any atom is -0.393 e. The average molecular weight is 337 g/mol. The fourth-order valence-electron chi connectivity index (χ4n) is 2.88. The van der Waals surface area contributed by atoms with Crippen LogP contribution in [0.1, 0.15) is 33.1 Å². The number of hydrogen-bond acceptors (Lipinski definition) is 10. The van der Waals surface area contributed by atoms with Gasteiger partial charge in [-0.2, -0.15) is 0 Å². The Morgan fingerprint density at radius 1 is 1.39 bits per heavy atom. The van der Waals surface area contributed by atoms with Crippen LogP contribution in [0.2, 0.25) is 0 Å². The Bertz CT molecular complexity index is 509. The minimum absolute atomic E-state index is 0.0541. The molecule has 0 saturated heterocycles. The van der Waals surface area contributed by atoms with Crippen LogP contribution in [0.5, 0.6) is 0 Å². The van der Waals surface area contributed by atoms with Gasteiger partial charge in [-0.3, -0.25) is 21.6 Å². The summed E-state index contributed by atoms with van der Waals surface area (Å²) in [5.41, 5.74) is 4.82. The maximum atomic E-state index is 11.4. The molecule has 0 heterocycles. The number of nitro groups is 1. The molecule has 1 aliphatic carbocycles. The maximum absolute atomic E-state index is 11.4. The summed E-state index contributed by atoms with van der Waals surface area (Å²) in [6.07, 6.45) is -3.82. The molecular weight excluding hydrogens is 314 g/mol. The van der Waals surface area contributed by atoms with E-state index in [1.807, 2.05) is 0 Å². The number of hydrogen-bond donors (Lipinski definition) is 7. The van der Waals surface area contributed by atoms with Crippen molar-refractivity contribution < 1.29 is 35.5 Å². The fourth-order valence-corrected chi connectivity index (χ4v) is 2.88. The SMILES string of the molecule is CCCC1=C(CC(C)O)C(O)(O)C(O)C(N)([N+](=O)[O-])C1(N)OO. The van der Waals surface area contributed by atoms with Crippen molar-refractivity contribution in [3.63, 3.8) is 0 Å². The molecule has 0 radical (unpaired) electrons. The monoisotopic (exact) mass is 337 g/mol. The molecule has 0 aromatic carbocycles. The summed E-state index contributed by atoms with van der Waals surface area (Å²) in [6, 6.07) is 0. The molecule has 1 rings (SSSR count). The lowest BCUT2D eigenvalue weighted by Gasteiger charge is -2.49. The summed E-state index contributed by atoms with van der Waals surface area (Å²) in [6.45, 7) is 2.99. The molecule has 1 aliphatic rings.